The molecule has 0 unspecified atom stereocenters. The Kier molecular flexibility index (Phi) is 3.56. The van der Waals surface area contributed by atoms with Crippen LogP contribution in [0.4, 0.5) is 0 Å². The van der Waals surface area contributed by atoms with Crippen molar-refractivity contribution in [2.45, 2.75) is 0 Å². The number of nitrogens with zero attached hydrogens (tertiary/aromatic N) is 3. The molecule has 1 heterocycles. The van der Waals surface area contributed by atoms with Gasteiger partial charge in [-0.05, 0) is 12.1 Å². The molecule has 0 radical (unpaired) electrons. The molecule has 2 rings (SSSR count). The van der Waals surface area contributed by atoms with E-state index >= 15 is 0 Å². The predicted octanol–water partition coefficient (Wildman–Crippen LogP) is 0.401. The maximum Gasteiger partial charge on any atom is 0.291 e. The third-order valence-corrected chi connectivity index (χ3v) is 2.16. The van der Waals surface area contributed by atoms with Gasteiger partial charge in [-0.1, -0.05) is 12.1 Å². The molecule has 1 N–H and O–H groups in total. The Morgan fingerprint density at radius 2 is 2.06 bits per heavy atom. The third-order valence-electron chi connectivity index (χ3n) is 2.16. The highest BCUT2D eigenvalue weighted by atomic mass is 16.5. The van der Waals surface area contributed by atoms with E-state index in [1.807, 2.05) is 12.1 Å². The van der Waals surface area contributed by atoms with Gasteiger partial charge < -0.3 is 10.1 Å². The molecule has 0 saturated carbocycles. The molecule has 0 spiro atoms. The van der Waals surface area contributed by atoms with Crippen LogP contribution in [0.1, 0.15) is 10.6 Å². The first kappa shape index (κ1) is 11.4. The van der Waals surface area contributed by atoms with Crippen LogP contribution in [-0.2, 0) is 4.74 Å². The monoisotopic (exact) mass is 232 g/mol. The van der Waals surface area contributed by atoms with Crippen LogP contribution < -0.4 is 5.32 Å². The van der Waals surface area contributed by atoms with E-state index in [0.29, 0.717) is 24.2 Å². The summed E-state index contributed by atoms with van der Waals surface area (Å²) in [6.45, 7) is 0.873. The zero-order valence-corrected chi connectivity index (χ0v) is 9.38. The molecule has 1 amide bonds. The van der Waals surface area contributed by atoms with Gasteiger partial charge in [0.05, 0.1) is 12.1 Å². The molecule has 6 heteroatoms. The van der Waals surface area contributed by atoms with Gasteiger partial charge in [-0.2, -0.15) is 0 Å². The number of rotatable bonds is 4. The molecule has 2 aromatic rings. The number of nitrogens with one attached hydrogen (secondary N) is 1. The summed E-state index contributed by atoms with van der Waals surface area (Å²) < 4.78 is 4.83. The van der Waals surface area contributed by atoms with Crippen LogP contribution in [0.2, 0.25) is 0 Å². The number of ether oxygens (including phenoxy) is 1. The lowest BCUT2D eigenvalue weighted by Gasteiger charge is -2.03. The molecule has 1 aromatic heterocycles. The summed E-state index contributed by atoms with van der Waals surface area (Å²) in [6.07, 6.45) is 0. The largest absolute Gasteiger partial charge is 0.383 e. The maximum atomic E-state index is 11.6. The van der Waals surface area contributed by atoms with Crippen LogP contribution in [0.3, 0.4) is 0 Å². The van der Waals surface area contributed by atoms with Crippen molar-refractivity contribution in [1.29, 1.82) is 0 Å². The molecular weight excluding hydrogens is 220 g/mol. The molecule has 0 atom stereocenters. The molecule has 0 bridgehead atoms. The summed E-state index contributed by atoms with van der Waals surface area (Å²) >= 11 is 0. The molecule has 6 nitrogen and oxygen atoms in total. The minimum Gasteiger partial charge on any atom is -0.383 e. The minimum absolute atomic E-state index is 0.0693. The van der Waals surface area contributed by atoms with Gasteiger partial charge in [0.2, 0.25) is 5.82 Å². The van der Waals surface area contributed by atoms with Crippen LogP contribution >= 0.6 is 0 Å². The summed E-state index contributed by atoms with van der Waals surface area (Å²) in [5.74, 6) is -0.278. The quantitative estimate of drug-likeness (QED) is 0.772. The number of para-hydroxylation sites is 1. The third kappa shape index (κ3) is 2.73. The Morgan fingerprint density at radius 1 is 1.29 bits per heavy atom. The molecule has 88 valence electrons. The van der Waals surface area contributed by atoms with Crippen molar-refractivity contribution in [3.05, 3.63) is 30.1 Å². The van der Waals surface area contributed by atoms with Crippen LogP contribution in [0, 0.1) is 0 Å². The van der Waals surface area contributed by atoms with Gasteiger partial charge in [0.15, 0.2) is 0 Å². The second kappa shape index (κ2) is 5.31. The first-order chi connectivity index (χ1) is 8.31. The van der Waals surface area contributed by atoms with E-state index in [2.05, 4.69) is 20.5 Å². The van der Waals surface area contributed by atoms with Crippen molar-refractivity contribution in [1.82, 2.24) is 20.5 Å². The second-order valence-electron chi connectivity index (χ2n) is 3.37. The van der Waals surface area contributed by atoms with E-state index in [-0.39, 0.29) is 11.7 Å². The van der Waals surface area contributed by atoms with Crippen molar-refractivity contribution in [2.24, 2.45) is 0 Å². The first-order valence-corrected chi connectivity index (χ1v) is 5.18. The van der Waals surface area contributed by atoms with Crippen molar-refractivity contribution < 1.29 is 9.53 Å². The average molecular weight is 232 g/mol. The highest BCUT2D eigenvalue weighted by Crippen LogP contribution is 2.06. The Hall–Kier alpha value is -2.08. The zero-order chi connectivity index (χ0) is 12.1. The lowest BCUT2D eigenvalue weighted by Crippen LogP contribution is -2.28. The molecule has 0 saturated heterocycles. The molecule has 1 aromatic carbocycles. The minimum atomic E-state index is -0.347. The fraction of sp³-hybridized carbons (Fsp3) is 0.273. The van der Waals surface area contributed by atoms with Gasteiger partial charge in [0.1, 0.15) is 5.52 Å². The number of carbonyl (C=O) groups is 1. The summed E-state index contributed by atoms with van der Waals surface area (Å²) in [5.41, 5.74) is 1.32. The summed E-state index contributed by atoms with van der Waals surface area (Å²) in [4.78, 5) is 15.8. The van der Waals surface area contributed by atoms with Crippen LogP contribution in [0.15, 0.2) is 24.3 Å². The van der Waals surface area contributed by atoms with Crippen molar-refractivity contribution >= 4 is 16.9 Å². The standard InChI is InChI=1S/C11H12N4O2/c1-17-7-6-12-11(16)10-13-8-4-2-3-5-9(8)14-15-10/h2-5H,6-7H2,1H3,(H,12,16). The number of carbonyl (C=O) groups excluding carboxylic acids is 1. The Balaban J connectivity index is 2.15. The van der Waals surface area contributed by atoms with Crippen LogP contribution in [-0.4, -0.2) is 41.3 Å². The molecule has 0 aliphatic rings. The van der Waals surface area contributed by atoms with E-state index in [1.54, 1.807) is 19.2 Å². The highest BCUT2D eigenvalue weighted by molar-refractivity contribution is 5.91. The Morgan fingerprint density at radius 3 is 2.82 bits per heavy atom. The molecule has 0 aliphatic carbocycles. The van der Waals surface area contributed by atoms with E-state index < -0.39 is 0 Å². The first-order valence-electron chi connectivity index (χ1n) is 5.18. The fourth-order valence-corrected chi connectivity index (χ4v) is 1.32. The van der Waals surface area contributed by atoms with E-state index in [1.165, 1.54) is 0 Å². The van der Waals surface area contributed by atoms with E-state index in [0.717, 1.165) is 0 Å². The lowest BCUT2D eigenvalue weighted by atomic mass is 10.3. The molecule has 0 aliphatic heterocycles. The fourth-order valence-electron chi connectivity index (χ4n) is 1.32. The smallest absolute Gasteiger partial charge is 0.291 e. The summed E-state index contributed by atoms with van der Waals surface area (Å²) in [6, 6.07) is 7.26. The number of amides is 1. The number of benzene rings is 1. The highest BCUT2D eigenvalue weighted by Gasteiger charge is 2.09. The topological polar surface area (TPSA) is 77.0 Å². The second-order valence-corrected chi connectivity index (χ2v) is 3.37. The van der Waals surface area contributed by atoms with E-state index in [9.17, 15) is 4.79 Å². The molecule has 0 fully saturated rings. The van der Waals surface area contributed by atoms with Gasteiger partial charge in [0.25, 0.3) is 5.91 Å². The van der Waals surface area contributed by atoms with Gasteiger partial charge in [-0.3, -0.25) is 4.79 Å². The predicted molar refractivity (Wildman–Crippen MR) is 61.5 cm³/mol. The molecular formula is C11H12N4O2. The van der Waals surface area contributed by atoms with Crippen LogP contribution in [0.5, 0.6) is 0 Å². The summed E-state index contributed by atoms with van der Waals surface area (Å²) in [5, 5.41) is 10.3. The summed E-state index contributed by atoms with van der Waals surface area (Å²) in [7, 11) is 1.57. The number of hydrogen-bond donors (Lipinski definition) is 1. The number of aromatic nitrogens is 3. The Bertz CT molecular complexity index is 530. The normalized spacial score (nSPS) is 10.4. The van der Waals surface area contributed by atoms with E-state index in [4.69, 9.17) is 4.74 Å². The Labute approximate surface area is 98.0 Å². The maximum absolute atomic E-state index is 11.6. The van der Waals surface area contributed by atoms with Crippen molar-refractivity contribution in [2.75, 3.05) is 20.3 Å². The van der Waals surface area contributed by atoms with Crippen molar-refractivity contribution in [3.63, 3.8) is 0 Å². The van der Waals surface area contributed by atoms with Gasteiger partial charge in [0, 0.05) is 13.7 Å². The van der Waals surface area contributed by atoms with Crippen molar-refractivity contribution in [3.8, 4) is 0 Å². The lowest BCUT2D eigenvalue weighted by molar-refractivity contribution is 0.0926. The van der Waals surface area contributed by atoms with Gasteiger partial charge in [-0.25, -0.2) is 4.98 Å². The number of hydrogen-bond acceptors (Lipinski definition) is 5. The SMILES string of the molecule is COCCNC(=O)c1nnc2ccccc2n1. The number of methoxy groups -OCH3 is 1. The number of fused-ring (bicyclic) bond motifs is 1. The van der Waals surface area contributed by atoms with Gasteiger partial charge in [-0.15, -0.1) is 10.2 Å². The van der Waals surface area contributed by atoms with Crippen LogP contribution in [0.25, 0.3) is 11.0 Å². The zero-order valence-electron chi connectivity index (χ0n) is 9.38. The van der Waals surface area contributed by atoms with Gasteiger partial charge >= 0.3 is 0 Å². The average Bonchev–Trinajstić information content (AvgIpc) is 2.38. The molecule has 17 heavy (non-hydrogen) atoms.